The van der Waals surface area contributed by atoms with Crippen LogP contribution < -0.4 is 10.6 Å². The summed E-state index contributed by atoms with van der Waals surface area (Å²) in [5.41, 5.74) is -0.648. The maximum atomic E-state index is 11.7. The number of hydrogen-bond donors (Lipinski definition) is 3. The lowest BCUT2D eigenvalue weighted by atomic mass is 9.93. The molecule has 2 aliphatic rings. The number of rotatable bonds is 6. The van der Waals surface area contributed by atoms with Gasteiger partial charge in [-0.3, -0.25) is 9.59 Å². The van der Waals surface area contributed by atoms with Crippen molar-refractivity contribution in [1.29, 1.82) is 0 Å². The summed E-state index contributed by atoms with van der Waals surface area (Å²) >= 11 is 0. The average molecular weight is 254 g/mol. The molecule has 18 heavy (non-hydrogen) atoms. The van der Waals surface area contributed by atoms with Crippen molar-refractivity contribution < 1.29 is 14.7 Å². The van der Waals surface area contributed by atoms with Crippen LogP contribution in [0.5, 0.6) is 0 Å². The van der Waals surface area contributed by atoms with Gasteiger partial charge in [-0.2, -0.15) is 0 Å². The minimum absolute atomic E-state index is 0.000979. The molecule has 0 atom stereocenters. The molecule has 102 valence electrons. The van der Waals surface area contributed by atoms with Gasteiger partial charge in [-0.1, -0.05) is 0 Å². The van der Waals surface area contributed by atoms with E-state index in [9.17, 15) is 9.59 Å². The molecule has 0 spiro atoms. The molecule has 1 saturated heterocycles. The highest BCUT2D eigenvalue weighted by atomic mass is 16.4. The molecule has 1 amide bonds. The molecule has 2 rings (SSSR count). The SMILES string of the molecule is O=C(CCC1CCNCC1)NCC1(C(=O)O)CC1. The number of aliphatic carboxylic acids is 1. The van der Waals surface area contributed by atoms with Crippen molar-refractivity contribution in [3.8, 4) is 0 Å². The van der Waals surface area contributed by atoms with Crippen LogP contribution in [-0.2, 0) is 9.59 Å². The standard InChI is InChI=1S/C13H22N2O3/c16-11(2-1-10-3-7-14-8-4-10)15-9-13(5-6-13)12(17)18/h10,14H,1-9H2,(H,15,16)(H,17,18). The zero-order valence-corrected chi connectivity index (χ0v) is 10.7. The van der Waals surface area contributed by atoms with Gasteiger partial charge >= 0.3 is 5.97 Å². The number of amides is 1. The molecule has 0 unspecified atom stereocenters. The van der Waals surface area contributed by atoms with Crippen LogP contribution in [0, 0.1) is 11.3 Å². The minimum atomic E-state index is -0.777. The summed E-state index contributed by atoms with van der Waals surface area (Å²) in [5, 5.41) is 15.1. The number of carboxylic acid groups (broad SMARTS) is 1. The van der Waals surface area contributed by atoms with E-state index in [1.165, 1.54) is 0 Å². The Morgan fingerprint density at radius 3 is 2.50 bits per heavy atom. The fourth-order valence-electron chi connectivity index (χ4n) is 2.48. The summed E-state index contributed by atoms with van der Waals surface area (Å²) in [5.74, 6) is -0.131. The summed E-state index contributed by atoms with van der Waals surface area (Å²) in [7, 11) is 0. The number of carboxylic acids is 1. The van der Waals surface area contributed by atoms with Crippen LogP contribution in [0.25, 0.3) is 0 Å². The quantitative estimate of drug-likeness (QED) is 0.653. The normalized spacial score (nSPS) is 22.4. The Morgan fingerprint density at radius 1 is 1.28 bits per heavy atom. The topological polar surface area (TPSA) is 78.4 Å². The molecule has 1 aliphatic carbocycles. The second kappa shape index (κ2) is 5.69. The van der Waals surface area contributed by atoms with Crippen LogP contribution in [0.2, 0.25) is 0 Å². The first-order chi connectivity index (χ1) is 8.62. The monoisotopic (exact) mass is 254 g/mol. The van der Waals surface area contributed by atoms with Crippen molar-refractivity contribution in [3.63, 3.8) is 0 Å². The summed E-state index contributed by atoms with van der Waals surface area (Å²) in [6.07, 6.45) is 5.13. The minimum Gasteiger partial charge on any atom is -0.481 e. The zero-order chi connectivity index (χ0) is 13.0. The summed E-state index contributed by atoms with van der Waals surface area (Å²) in [6.45, 7) is 2.40. The second-order valence-corrected chi connectivity index (χ2v) is 5.59. The second-order valence-electron chi connectivity index (χ2n) is 5.59. The van der Waals surface area contributed by atoms with Crippen molar-refractivity contribution in [1.82, 2.24) is 10.6 Å². The highest BCUT2D eigenvalue weighted by Crippen LogP contribution is 2.45. The Kier molecular flexibility index (Phi) is 4.22. The number of carbonyl (C=O) groups is 2. The fourth-order valence-corrected chi connectivity index (χ4v) is 2.48. The highest BCUT2D eigenvalue weighted by molar-refractivity contribution is 5.80. The van der Waals surface area contributed by atoms with E-state index in [1.807, 2.05) is 0 Å². The van der Waals surface area contributed by atoms with E-state index in [-0.39, 0.29) is 5.91 Å². The molecule has 0 aromatic rings. The molecule has 0 bridgehead atoms. The van der Waals surface area contributed by atoms with Gasteiger partial charge in [0.15, 0.2) is 0 Å². The Balaban J connectivity index is 1.62. The first-order valence-corrected chi connectivity index (χ1v) is 6.83. The number of nitrogens with one attached hydrogen (secondary N) is 2. The maximum Gasteiger partial charge on any atom is 0.311 e. The van der Waals surface area contributed by atoms with E-state index in [4.69, 9.17) is 5.11 Å². The van der Waals surface area contributed by atoms with E-state index in [2.05, 4.69) is 10.6 Å². The molecular weight excluding hydrogens is 232 g/mol. The van der Waals surface area contributed by atoms with Gasteiger partial charge in [0.05, 0.1) is 5.41 Å². The van der Waals surface area contributed by atoms with E-state index < -0.39 is 11.4 Å². The molecule has 1 saturated carbocycles. The van der Waals surface area contributed by atoms with Gasteiger partial charge in [0, 0.05) is 13.0 Å². The summed E-state index contributed by atoms with van der Waals surface area (Å²) in [4.78, 5) is 22.6. The molecule has 5 nitrogen and oxygen atoms in total. The predicted octanol–water partition coefficient (Wildman–Crippen LogP) is 0.747. The van der Waals surface area contributed by atoms with Gasteiger partial charge in [0.25, 0.3) is 0 Å². The van der Waals surface area contributed by atoms with E-state index >= 15 is 0 Å². The first-order valence-electron chi connectivity index (χ1n) is 6.83. The molecule has 3 N–H and O–H groups in total. The van der Waals surface area contributed by atoms with Gasteiger partial charge in [-0.25, -0.2) is 0 Å². The molecule has 1 aliphatic heterocycles. The molecule has 0 radical (unpaired) electrons. The lowest BCUT2D eigenvalue weighted by molar-refractivity contribution is -0.143. The molecule has 0 aromatic carbocycles. The molecule has 5 heteroatoms. The third-order valence-corrected chi connectivity index (χ3v) is 4.17. The largest absolute Gasteiger partial charge is 0.481 e. The number of hydrogen-bond acceptors (Lipinski definition) is 3. The van der Waals surface area contributed by atoms with Crippen molar-refractivity contribution in [2.24, 2.45) is 11.3 Å². The third kappa shape index (κ3) is 3.45. The maximum absolute atomic E-state index is 11.7. The van der Waals surface area contributed by atoms with Crippen LogP contribution in [-0.4, -0.2) is 36.6 Å². The van der Waals surface area contributed by atoms with Crippen molar-refractivity contribution >= 4 is 11.9 Å². The lowest BCUT2D eigenvalue weighted by Gasteiger charge is -2.22. The highest BCUT2D eigenvalue weighted by Gasteiger charge is 2.50. The van der Waals surface area contributed by atoms with E-state index in [0.717, 1.165) is 32.4 Å². The van der Waals surface area contributed by atoms with Crippen LogP contribution in [0.15, 0.2) is 0 Å². The number of piperidine rings is 1. The summed E-state index contributed by atoms with van der Waals surface area (Å²) in [6, 6.07) is 0. The Labute approximate surface area is 107 Å². The van der Waals surface area contributed by atoms with Gasteiger partial charge in [0.2, 0.25) is 5.91 Å². The van der Waals surface area contributed by atoms with Gasteiger partial charge in [0.1, 0.15) is 0 Å². The molecule has 1 heterocycles. The lowest BCUT2D eigenvalue weighted by Crippen LogP contribution is -2.34. The van der Waals surface area contributed by atoms with E-state index in [1.54, 1.807) is 0 Å². The molecule has 0 aromatic heterocycles. The van der Waals surface area contributed by atoms with E-state index in [0.29, 0.717) is 31.7 Å². The van der Waals surface area contributed by atoms with Crippen molar-refractivity contribution in [2.45, 2.75) is 38.5 Å². The third-order valence-electron chi connectivity index (χ3n) is 4.17. The van der Waals surface area contributed by atoms with Gasteiger partial charge in [-0.05, 0) is 51.1 Å². The smallest absolute Gasteiger partial charge is 0.311 e. The average Bonchev–Trinajstić information content (AvgIpc) is 3.16. The van der Waals surface area contributed by atoms with Crippen LogP contribution in [0.4, 0.5) is 0 Å². The Bertz CT molecular complexity index is 320. The van der Waals surface area contributed by atoms with Crippen LogP contribution >= 0.6 is 0 Å². The Hall–Kier alpha value is -1.10. The number of carbonyl (C=O) groups excluding carboxylic acids is 1. The molecule has 2 fully saturated rings. The van der Waals surface area contributed by atoms with Gasteiger partial charge < -0.3 is 15.7 Å². The fraction of sp³-hybridized carbons (Fsp3) is 0.846. The first kappa shape index (κ1) is 13.3. The van der Waals surface area contributed by atoms with Crippen molar-refractivity contribution in [2.75, 3.05) is 19.6 Å². The summed E-state index contributed by atoms with van der Waals surface area (Å²) < 4.78 is 0. The zero-order valence-electron chi connectivity index (χ0n) is 10.7. The van der Waals surface area contributed by atoms with Crippen LogP contribution in [0.3, 0.4) is 0 Å². The van der Waals surface area contributed by atoms with Crippen LogP contribution in [0.1, 0.15) is 38.5 Å². The Morgan fingerprint density at radius 2 is 1.94 bits per heavy atom. The predicted molar refractivity (Wildman–Crippen MR) is 67.1 cm³/mol. The van der Waals surface area contributed by atoms with Gasteiger partial charge in [-0.15, -0.1) is 0 Å². The molecular formula is C13H22N2O3. The van der Waals surface area contributed by atoms with Crippen molar-refractivity contribution in [3.05, 3.63) is 0 Å².